The van der Waals surface area contributed by atoms with Crippen LogP contribution in [0, 0.1) is 0 Å². The summed E-state index contributed by atoms with van der Waals surface area (Å²) in [6.45, 7) is 1.39. The van der Waals surface area contributed by atoms with Crippen molar-refractivity contribution in [3.05, 3.63) is 45.6 Å². The Morgan fingerprint density at radius 3 is 2.80 bits per heavy atom. The van der Waals surface area contributed by atoms with Crippen LogP contribution in [0.15, 0.2) is 54.3 Å². The molecule has 0 fully saturated rings. The van der Waals surface area contributed by atoms with E-state index in [1.54, 1.807) is 6.07 Å². The van der Waals surface area contributed by atoms with Crippen LogP contribution < -0.4 is 5.43 Å². The average Bonchev–Trinajstić information content (AvgIpc) is 2.72. The van der Waals surface area contributed by atoms with Crippen LogP contribution in [-0.4, -0.2) is 12.1 Å². The lowest BCUT2D eigenvalue weighted by Gasteiger charge is -1.98. The summed E-state index contributed by atoms with van der Waals surface area (Å²) < 4.78 is 6.43. The summed E-state index contributed by atoms with van der Waals surface area (Å²) in [6, 6.07) is 9.24. The van der Waals surface area contributed by atoms with E-state index in [2.05, 4.69) is 26.5 Å². The molecule has 1 N–H and O–H groups in total. The lowest BCUT2D eigenvalue weighted by Crippen LogP contribution is -2.12. The van der Waals surface area contributed by atoms with Crippen molar-refractivity contribution in [2.45, 2.75) is 16.9 Å². The highest BCUT2D eigenvalue weighted by molar-refractivity contribution is 9.10. The fourth-order valence-electron chi connectivity index (χ4n) is 1.30. The Labute approximate surface area is 133 Å². The van der Waals surface area contributed by atoms with Crippen molar-refractivity contribution in [3.8, 4) is 0 Å². The summed E-state index contributed by atoms with van der Waals surface area (Å²) in [7, 11) is 0. The molecule has 0 aliphatic carbocycles. The largest absolute Gasteiger partial charge is 0.447 e. The fraction of sp³-hybridized carbons (Fsp3) is 0.0769. The third-order valence-corrected chi connectivity index (χ3v) is 4.21. The van der Waals surface area contributed by atoms with Gasteiger partial charge >= 0.3 is 0 Å². The van der Waals surface area contributed by atoms with Gasteiger partial charge in [-0.25, -0.2) is 5.43 Å². The lowest BCUT2D eigenvalue weighted by atomic mass is 10.4. The number of nitrogens with zero attached hydrogens (tertiary/aromatic N) is 1. The normalized spacial score (nSPS) is 10.9. The Morgan fingerprint density at radius 1 is 1.45 bits per heavy atom. The molecule has 20 heavy (non-hydrogen) atoms. The molecule has 7 heteroatoms. The average molecular weight is 374 g/mol. The molecule has 0 saturated heterocycles. The van der Waals surface area contributed by atoms with E-state index in [9.17, 15) is 4.79 Å². The monoisotopic (exact) mass is 372 g/mol. The lowest BCUT2D eigenvalue weighted by molar-refractivity contribution is -0.118. The molecular formula is C13H10BrClN2O2S. The van der Waals surface area contributed by atoms with Crippen LogP contribution >= 0.6 is 39.3 Å². The number of rotatable bonds is 4. The Kier molecular flexibility index (Phi) is 5.28. The number of benzene rings is 1. The van der Waals surface area contributed by atoms with Crippen molar-refractivity contribution in [1.29, 1.82) is 0 Å². The van der Waals surface area contributed by atoms with Crippen LogP contribution in [0.3, 0.4) is 0 Å². The zero-order valence-electron chi connectivity index (χ0n) is 10.4. The summed E-state index contributed by atoms with van der Waals surface area (Å²) in [5.41, 5.74) is 2.31. The molecule has 2 aromatic rings. The Bertz CT molecular complexity index is 640. The second kappa shape index (κ2) is 6.97. The van der Waals surface area contributed by atoms with Gasteiger partial charge < -0.3 is 4.42 Å². The van der Waals surface area contributed by atoms with E-state index in [-0.39, 0.29) is 5.91 Å². The van der Waals surface area contributed by atoms with Gasteiger partial charge in [0, 0.05) is 22.9 Å². The fourth-order valence-corrected chi connectivity index (χ4v) is 2.75. The predicted molar refractivity (Wildman–Crippen MR) is 83.4 cm³/mol. The summed E-state index contributed by atoms with van der Waals surface area (Å²) in [6.07, 6.45) is 1.44. The van der Waals surface area contributed by atoms with E-state index in [0.717, 1.165) is 9.37 Å². The van der Waals surface area contributed by atoms with Gasteiger partial charge in [-0.2, -0.15) is 5.10 Å². The van der Waals surface area contributed by atoms with Gasteiger partial charge in [-0.05, 0) is 40.2 Å². The Hall–Kier alpha value is -1.24. The molecule has 2 rings (SSSR count). The van der Waals surface area contributed by atoms with Crippen molar-refractivity contribution in [3.63, 3.8) is 0 Å². The molecule has 1 amide bonds. The highest BCUT2D eigenvalue weighted by Crippen LogP contribution is 2.35. The second-order valence-corrected chi connectivity index (χ2v) is 6.10. The van der Waals surface area contributed by atoms with Crippen LogP contribution in [0.5, 0.6) is 0 Å². The first kappa shape index (κ1) is 15.2. The molecular weight excluding hydrogens is 364 g/mol. The minimum absolute atomic E-state index is 0.234. The molecule has 1 heterocycles. The third kappa shape index (κ3) is 4.40. The second-order valence-electron chi connectivity index (χ2n) is 3.77. The van der Waals surface area contributed by atoms with Crippen LogP contribution in [0.2, 0.25) is 5.02 Å². The SMILES string of the molecule is CC(=O)N/N=C/c1cc(Br)c(Sc2ccc(Cl)cc2)o1. The van der Waals surface area contributed by atoms with Gasteiger partial charge in [-0.1, -0.05) is 23.4 Å². The van der Waals surface area contributed by atoms with E-state index >= 15 is 0 Å². The van der Waals surface area contributed by atoms with Crippen LogP contribution in [0.4, 0.5) is 0 Å². The first-order chi connectivity index (χ1) is 9.54. The van der Waals surface area contributed by atoms with Crippen molar-refractivity contribution < 1.29 is 9.21 Å². The molecule has 1 aromatic carbocycles. The molecule has 0 bridgehead atoms. The van der Waals surface area contributed by atoms with E-state index < -0.39 is 0 Å². The van der Waals surface area contributed by atoms with E-state index in [0.29, 0.717) is 15.9 Å². The Balaban J connectivity index is 2.09. The van der Waals surface area contributed by atoms with Crippen LogP contribution in [0.1, 0.15) is 12.7 Å². The van der Waals surface area contributed by atoms with Crippen molar-refractivity contribution in [1.82, 2.24) is 5.43 Å². The minimum Gasteiger partial charge on any atom is -0.447 e. The van der Waals surface area contributed by atoms with E-state index in [4.69, 9.17) is 16.0 Å². The number of hydrogen-bond acceptors (Lipinski definition) is 4. The number of furan rings is 1. The maximum Gasteiger partial charge on any atom is 0.236 e. The highest BCUT2D eigenvalue weighted by atomic mass is 79.9. The zero-order chi connectivity index (χ0) is 14.5. The maximum atomic E-state index is 10.7. The van der Waals surface area contributed by atoms with Gasteiger partial charge in [0.2, 0.25) is 5.91 Å². The molecule has 0 aliphatic heterocycles. The predicted octanol–water partition coefficient (Wildman–Crippen LogP) is 4.32. The van der Waals surface area contributed by atoms with Crippen LogP contribution in [0.25, 0.3) is 0 Å². The molecule has 1 aromatic heterocycles. The van der Waals surface area contributed by atoms with E-state index in [1.165, 1.54) is 24.9 Å². The number of carbonyl (C=O) groups excluding carboxylic acids is 1. The zero-order valence-corrected chi connectivity index (χ0v) is 13.6. The van der Waals surface area contributed by atoms with Gasteiger partial charge in [0.15, 0.2) is 5.09 Å². The van der Waals surface area contributed by atoms with Gasteiger partial charge in [-0.3, -0.25) is 4.79 Å². The number of nitrogens with one attached hydrogen (secondary N) is 1. The summed E-state index contributed by atoms with van der Waals surface area (Å²) in [5.74, 6) is 0.310. The molecule has 0 spiro atoms. The topological polar surface area (TPSA) is 54.6 Å². The summed E-state index contributed by atoms with van der Waals surface area (Å²) in [4.78, 5) is 11.7. The summed E-state index contributed by atoms with van der Waals surface area (Å²) in [5, 5.41) is 5.14. The van der Waals surface area contributed by atoms with E-state index in [1.807, 2.05) is 24.3 Å². The molecule has 4 nitrogen and oxygen atoms in total. The Morgan fingerprint density at radius 2 is 2.15 bits per heavy atom. The molecule has 0 atom stereocenters. The number of amides is 1. The standard InChI is InChI=1S/C13H10BrClN2O2S/c1-8(18)17-16-7-10-6-12(14)13(19-10)20-11-4-2-9(15)3-5-11/h2-7H,1H3,(H,17,18)/b16-7+. The highest BCUT2D eigenvalue weighted by Gasteiger charge is 2.09. The molecule has 0 unspecified atom stereocenters. The first-order valence-corrected chi connectivity index (χ1v) is 7.56. The van der Waals surface area contributed by atoms with Crippen molar-refractivity contribution in [2.24, 2.45) is 5.10 Å². The number of hydrogen-bond donors (Lipinski definition) is 1. The molecule has 0 aliphatic rings. The smallest absolute Gasteiger partial charge is 0.236 e. The molecule has 0 saturated carbocycles. The number of halogens is 2. The van der Waals surface area contributed by atoms with Gasteiger partial charge in [0.05, 0.1) is 10.7 Å². The first-order valence-electron chi connectivity index (χ1n) is 5.57. The van der Waals surface area contributed by atoms with Gasteiger partial charge in [0.1, 0.15) is 5.76 Å². The van der Waals surface area contributed by atoms with Crippen molar-refractivity contribution >= 4 is 51.4 Å². The number of carbonyl (C=O) groups is 1. The van der Waals surface area contributed by atoms with Gasteiger partial charge in [0.25, 0.3) is 0 Å². The molecule has 0 radical (unpaired) electrons. The van der Waals surface area contributed by atoms with Crippen LogP contribution in [-0.2, 0) is 4.79 Å². The third-order valence-electron chi connectivity index (χ3n) is 2.11. The molecule has 104 valence electrons. The number of hydrazone groups is 1. The van der Waals surface area contributed by atoms with Gasteiger partial charge in [-0.15, -0.1) is 0 Å². The minimum atomic E-state index is -0.234. The quantitative estimate of drug-likeness (QED) is 0.641. The maximum absolute atomic E-state index is 10.7. The summed E-state index contributed by atoms with van der Waals surface area (Å²) >= 11 is 10.7. The van der Waals surface area contributed by atoms with Crippen molar-refractivity contribution in [2.75, 3.05) is 0 Å².